The van der Waals surface area contributed by atoms with E-state index < -0.39 is 0 Å². The minimum atomic E-state index is -0.206. The van der Waals surface area contributed by atoms with Gasteiger partial charge in [0.05, 0.1) is 5.02 Å². The van der Waals surface area contributed by atoms with Gasteiger partial charge in [-0.3, -0.25) is 4.79 Å². The minimum absolute atomic E-state index is 0.206. The van der Waals surface area contributed by atoms with Crippen LogP contribution in [0.2, 0.25) is 5.02 Å². The number of benzene rings is 2. The average molecular weight is 387 g/mol. The van der Waals surface area contributed by atoms with Crippen LogP contribution in [0.4, 0.5) is 5.69 Å². The van der Waals surface area contributed by atoms with Crippen LogP contribution in [-0.4, -0.2) is 44.7 Å². The number of carbonyl (C=O) groups is 1. The molecule has 0 atom stereocenters. The Hall–Kier alpha value is -2.50. The molecule has 5 nitrogen and oxygen atoms in total. The molecule has 3 rings (SSSR count). The number of hydrogen-bond donors (Lipinski definition) is 1. The molecule has 0 spiro atoms. The van der Waals surface area contributed by atoms with E-state index in [-0.39, 0.29) is 5.91 Å². The molecule has 2 aromatic carbocycles. The molecule has 1 aliphatic heterocycles. The highest BCUT2D eigenvalue weighted by Gasteiger charge is 2.15. The van der Waals surface area contributed by atoms with E-state index in [1.54, 1.807) is 12.1 Å². The van der Waals surface area contributed by atoms with Crippen LogP contribution < -0.4 is 14.8 Å². The van der Waals surface area contributed by atoms with Gasteiger partial charge >= 0.3 is 0 Å². The molecule has 1 N–H and O–H groups in total. The van der Waals surface area contributed by atoms with Gasteiger partial charge in [-0.15, -0.1) is 0 Å². The predicted octanol–water partition coefficient (Wildman–Crippen LogP) is 3.87. The fraction of sp³-hybridized carbons (Fsp3) is 0.286. The van der Waals surface area contributed by atoms with E-state index in [1.165, 1.54) is 11.6 Å². The first-order chi connectivity index (χ1) is 13.0. The molecule has 1 heterocycles. The number of nitrogens with zero attached hydrogens (tertiary/aromatic N) is 1. The molecule has 0 saturated carbocycles. The summed E-state index contributed by atoms with van der Waals surface area (Å²) in [5.41, 5.74) is 2.78. The molecule has 0 bridgehead atoms. The molecule has 0 saturated heterocycles. The number of amides is 1. The summed E-state index contributed by atoms with van der Waals surface area (Å²) in [5.74, 6) is 0.947. The zero-order chi connectivity index (χ0) is 19.2. The van der Waals surface area contributed by atoms with Crippen molar-refractivity contribution in [1.29, 1.82) is 0 Å². The van der Waals surface area contributed by atoms with Crippen LogP contribution in [0.25, 0.3) is 6.08 Å². The van der Waals surface area contributed by atoms with Gasteiger partial charge in [0.25, 0.3) is 0 Å². The summed E-state index contributed by atoms with van der Waals surface area (Å²) in [4.78, 5) is 14.3. The topological polar surface area (TPSA) is 50.8 Å². The largest absolute Gasteiger partial charge is 0.486 e. The van der Waals surface area contributed by atoms with E-state index in [1.807, 2.05) is 30.3 Å². The van der Waals surface area contributed by atoms with Crippen molar-refractivity contribution < 1.29 is 14.3 Å². The lowest BCUT2D eigenvalue weighted by Crippen LogP contribution is -2.15. The number of fused-ring (bicyclic) bond motifs is 1. The van der Waals surface area contributed by atoms with Crippen LogP contribution in [0.5, 0.6) is 11.5 Å². The van der Waals surface area contributed by atoms with Crippen molar-refractivity contribution in [3.8, 4) is 11.5 Å². The number of hydrogen-bond acceptors (Lipinski definition) is 4. The Morgan fingerprint density at radius 2 is 1.93 bits per heavy atom. The highest BCUT2D eigenvalue weighted by molar-refractivity contribution is 6.32. The van der Waals surface area contributed by atoms with E-state index in [2.05, 4.69) is 24.3 Å². The highest BCUT2D eigenvalue weighted by atomic mass is 35.5. The molecule has 27 heavy (non-hydrogen) atoms. The summed E-state index contributed by atoms with van der Waals surface area (Å²) in [6.07, 6.45) is 4.15. The highest BCUT2D eigenvalue weighted by Crippen LogP contribution is 2.38. The Bertz CT molecular complexity index is 832. The third-order valence-corrected chi connectivity index (χ3v) is 4.40. The lowest BCUT2D eigenvalue weighted by Gasteiger charge is -2.19. The third kappa shape index (κ3) is 5.49. The van der Waals surface area contributed by atoms with Crippen LogP contribution in [0, 0.1) is 0 Å². The van der Waals surface area contributed by atoms with Gasteiger partial charge in [-0.05, 0) is 62.0 Å². The average Bonchev–Trinajstić information content (AvgIpc) is 2.66. The van der Waals surface area contributed by atoms with Gasteiger partial charge in [-0.2, -0.15) is 0 Å². The molecule has 0 unspecified atom stereocenters. The summed E-state index contributed by atoms with van der Waals surface area (Å²) in [5, 5.41) is 3.33. The molecule has 0 radical (unpaired) electrons. The second-order valence-corrected chi connectivity index (χ2v) is 7.01. The maximum absolute atomic E-state index is 12.2. The van der Waals surface area contributed by atoms with Crippen molar-refractivity contribution in [1.82, 2.24) is 4.90 Å². The van der Waals surface area contributed by atoms with Gasteiger partial charge in [0.2, 0.25) is 5.91 Å². The number of anilines is 1. The molecule has 0 aliphatic carbocycles. The molecular formula is C21H23ClN2O3. The SMILES string of the molecule is CN(C)CCc1ccc(NC(=O)/C=C/c2cc(Cl)c3c(c2)OCCO3)cc1. The second kappa shape index (κ2) is 8.93. The molecule has 2 aromatic rings. The number of carbonyl (C=O) groups excluding carboxylic acids is 1. The first-order valence-electron chi connectivity index (χ1n) is 8.83. The summed E-state index contributed by atoms with van der Waals surface area (Å²) in [6.45, 7) is 1.96. The third-order valence-electron chi connectivity index (χ3n) is 4.12. The van der Waals surface area contributed by atoms with Gasteiger partial charge in [-0.25, -0.2) is 0 Å². The lowest BCUT2D eigenvalue weighted by atomic mass is 10.1. The number of nitrogens with one attached hydrogen (secondary N) is 1. The van der Waals surface area contributed by atoms with Crippen molar-refractivity contribution in [2.75, 3.05) is 39.2 Å². The summed E-state index contributed by atoms with van der Waals surface area (Å²) in [6, 6.07) is 11.4. The Balaban J connectivity index is 1.60. The molecule has 142 valence electrons. The van der Waals surface area contributed by atoms with Gasteiger partial charge in [0.15, 0.2) is 11.5 Å². The normalized spacial score (nSPS) is 13.2. The summed E-state index contributed by atoms with van der Waals surface area (Å²) >= 11 is 6.21. The van der Waals surface area contributed by atoms with Crippen LogP contribution in [0.15, 0.2) is 42.5 Å². The van der Waals surface area contributed by atoms with E-state index in [0.29, 0.717) is 29.7 Å². The fourth-order valence-corrected chi connectivity index (χ4v) is 2.96. The van der Waals surface area contributed by atoms with Crippen LogP contribution in [-0.2, 0) is 11.2 Å². The predicted molar refractivity (Wildman–Crippen MR) is 109 cm³/mol. The lowest BCUT2D eigenvalue weighted by molar-refractivity contribution is -0.111. The van der Waals surface area contributed by atoms with Crippen LogP contribution in [0.1, 0.15) is 11.1 Å². The van der Waals surface area contributed by atoms with Gasteiger partial charge in [0.1, 0.15) is 13.2 Å². The zero-order valence-electron chi connectivity index (χ0n) is 15.5. The van der Waals surface area contributed by atoms with E-state index >= 15 is 0 Å². The Kier molecular flexibility index (Phi) is 6.37. The molecule has 0 aromatic heterocycles. The molecule has 1 amide bonds. The monoisotopic (exact) mass is 386 g/mol. The minimum Gasteiger partial charge on any atom is -0.486 e. The van der Waals surface area contributed by atoms with E-state index in [9.17, 15) is 4.79 Å². The van der Waals surface area contributed by atoms with Gasteiger partial charge in [0, 0.05) is 18.3 Å². The van der Waals surface area contributed by atoms with Crippen molar-refractivity contribution in [2.24, 2.45) is 0 Å². The van der Waals surface area contributed by atoms with E-state index in [4.69, 9.17) is 21.1 Å². The first-order valence-corrected chi connectivity index (χ1v) is 9.21. The number of ether oxygens (including phenoxy) is 2. The molecule has 0 fully saturated rings. The number of rotatable bonds is 6. The van der Waals surface area contributed by atoms with Crippen molar-refractivity contribution in [3.63, 3.8) is 0 Å². The number of likely N-dealkylation sites (N-methyl/N-ethyl adjacent to an activating group) is 1. The van der Waals surface area contributed by atoms with Crippen molar-refractivity contribution >= 4 is 29.3 Å². The number of halogens is 1. The standard InChI is InChI=1S/C21H23ClN2O3/c1-24(2)10-9-15-3-6-17(7-4-15)23-20(25)8-5-16-13-18(22)21-19(14-16)26-11-12-27-21/h3-8,13-14H,9-12H2,1-2H3,(H,23,25)/b8-5+. The van der Waals surface area contributed by atoms with Gasteiger partial charge < -0.3 is 19.7 Å². The maximum atomic E-state index is 12.2. The second-order valence-electron chi connectivity index (χ2n) is 6.60. The molecule has 1 aliphatic rings. The Morgan fingerprint density at radius 1 is 1.19 bits per heavy atom. The Morgan fingerprint density at radius 3 is 2.67 bits per heavy atom. The van der Waals surface area contributed by atoms with Crippen molar-refractivity contribution in [3.05, 3.63) is 58.6 Å². The zero-order valence-corrected chi connectivity index (χ0v) is 16.3. The quantitative estimate of drug-likeness (QED) is 0.766. The molecular weight excluding hydrogens is 364 g/mol. The smallest absolute Gasteiger partial charge is 0.248 e. The van der Waals surface area contributed by atoms with E-state index in [0.717, 1.165) is 24.2 Å². The summed E-state index contributed by atoms with van der Waals surface area (Å²) < 4.78 is 11.0. The molecule has 6 heteroatoms. The maximum Gasteiger partial charge on any atom is 0.248 e. The summed E-state index contributed by atoms with van der Waals surface area (Å²) in [7, 11) is 4.10. The fourth-order valence-electron chi connectivity index (χ4n) is 2.69. The van der Waals surface area contributed by atoms with Crippen molar-refractivity contribution in [2.45, 2.75) is 6.42 Å². The van der Waals surface area contributed by atoms with Gasteiger partial charge in [-0.1, -0.05) is 23.7 Å². The van der Waals surface area contributed by atoms with Crippen LogP contribution >= 0.6 is 11.6 Å². The van der Waals surface area contributed by atoms with Crippen LogP contribution in [0.3, 0.4) is 0 Å². The Labute approximate surface area is 164 Å². The first kappa shape index (κ1) is 19.3.